The van der Waals surface area contributed by atoms with Crippen molar-refractivity contribution in [2.24, 2.45) is 0 Å². The molecule has 22 heavy (non-hydrogen) atoms. The van der Waals surface area contributed by atoms with Crippen LogP contribution >= 0.6 is 11.8 Å². The van der Waals surface area contributed by atoms with Gasteiger partial charge in [0.15, 0.2) is 5.37 Å². The SMILES string of the molecule is COc1cccc(N[C@H]2SC(=O)N(c3ccccc3)C2=O)c1. The van der Waals surface area contributed by atoms with Crippen molar-refractivity contribution in [2.75, 3.05) is 17.3 Å². The molecule has 1 fully saturated rings. The molecule has 0 aromatic heterocycles. The van der Waals surface area contributed by atoms with Crippen LogP contribution < -0.4 is 15.0 Å². The van der Waals surface area contributed by atoms with E-state index in [1.54, 1.807) is 37.4 Å². The van der Waals surface area contributed by atoms with Gasteiger partial charge in [0.05, 0.1) is 12.8 Å². The quantitative estimate of drug-likeness (QED) is 0.938. The van der Waals surface area contributed by atoms with Gasteiger partial charge in [-0.1, -0.05) is 24.3 Å². The van der Waals surface area contributed by atoms with Crippen LogP contribution in [0.3, 0.4) is 0 Å². The van der Waals surface area contributed by atoms with Crippen molar-refractivity contribution in [3.8, 4) is 5.75 Å². The minimum atomic E-state index is -0.639. The number of thioether (sulfide) groups is 1. The molecular formula is C16H14N2O3S. The molecule has 1 heterocycles. The zero-order chi connectivity index (χ0) is 15.5. The fourth-order valence-corrected chi connectivity index (χ4v) is 3.08. The second-order valence-corrected chi connectivity index (χ2v) is 5.71. The van der Waals surface area contributed by atoms with Gasteiger partial charge < -0.3 is 10.1 Å². The van der Waals surface area contributed by atoms with Crippen LogP contribution in [0.5, 0.6) is 5.75 Å². The number of benzene rings is 2. The average Bonchev–Trinajstić information content (AvgIpc) is 2.82. The van der Waals surface area contributed by atoms with E-state index in [0.29, 0.717) is 11.4 Å². The van der Waals surface area contributed by atoms with Crippen molar-refractivity contribution in [3.05, 3.63) is 54.6 Å². The van der Waals surface area contributed by atoms with E-state index in [-0.39, 0.29) is 11.1 Å². The number of methoxy groups -OCH3 is 1. The Labute approximate surface area is 132 Å². The number of para-hydroxylation sites is 1. The van der Waals surface area contributed by atoms with Gasteiger partial charge in [0.25, 0.3) is 11.1 Å². The van der Waals surface area contributed by atoms with Crippen LogP contribution in [0.2, 0.25) is 0 Å². The molecule has 0 radical (unpaired) electrons. The van der Waals surface area contributed by atoms with Crippen molar-refractivity contribution in [3.63, 3.8) is 0 Å². The summed E-state index contributed by atoms with van der Waals surface area (Å²) in [6.07, 6.45) is 0. The highest BCUT2D eigenvalue weighted by Crippen LogP contribution is 2.32. The van der Waals surface area contributed by atoms with Gasteiger partial charge in [0, 0.05) is 11.8 Å². The first-order chi connectivity index (χ1) is 10.7. The molecule has 0 bridgehead atoms. The normalized spacial score (nSPS) is 17.7. The van der Waals surface area contributed by atoms with Crippen molar-refractivity contribution < 1.29 is 14.3 Å². The molecule has 5 nitrogen and oxygen atoms in total. The third-order valence-corrected chi connectivity index (χ3v) is 4.17. The molecule has 1 atom stereocenters. The minimum absolute atomic E-state index is 0.274. The van der Waals surface area contributed by atoms with Gasteiger partial charge >= 0.3 is 0 Å². The molecule has 2 amide bonds. The van der Waals surface area contributed by atoms with E-state index < -0.39 is 5.37 Å². The van der Waals surface area contributed by atoms with Gasteiger partial charge in [0.2, 0.25) is 0 Å². The topological polar surface area (TPSA) is 58.6 Å². The Hall–Kier alpha value is -2.47. The lowest BCUT2D eigenvalue weighted by Gasteiger charge is -2.15. The number of hydrogen-bond donors (Lipinski definition) is 1. The van der Waals surface area contributed by atoms with Crippen molar-refractivity contribution in [1.82, 2.24) is 0 Å². The number of nitrogens with zero attached hydrogens (tertiary/aromatic N) is 1. The van der Waals surface area contributed by atoms with Crippen LogP contribution in [0, 0.1) is 0 Å². The number of nitrogens with one attached hydrogen (secondary N) is 1. The van der Waals surface area contributed by atoms with Gasteiger partial charge in [-0.05, 0) is 36.0 Å². The molecule has 6 heteroatoms. The van der Waals surface area contributed by atoms with Crippen molar-refractivity contribution >= 4 is 34.3 Å². The summed E-state index contributed by atoms with van der Waals surface area (Å²) in [6, 6.07) is 16.2. The summed E-state index contributed by atoms with van der Waals surface area (Å²) in [5.74, 6) is 0.413. The summed E-state index contributed by atoms with van der Waals surface area (Å²) in [7, 11) is 1.58. The smallest absolute Gasteiger partial charge is 0.295 e. The van der Waals surface area contributed by atoms with E-state index in [4.69, 9.17) is 4.74 Å². The predicted octanol–water partition coefficient (Wildman–Crippen LogP) is 3.33. The lowest BCUT2D eigenvalue weighted by molar-refractivity contribution is -0.116. The highest BCUT2D eigenvalue weighted by Gasteiger charge is 2.40. The fourth-order valence-electron chi connectivity index (χ4n) is 2.18. The average molecular weight is 314 g/mol. The van der Waals surface area contributed by atoms with E-state index >= 15 is 0 Å². The predicted molar refractivity (Wildman–Crippen MR) is 87.3 cm³/mol. The number of anilines is 2. The molecule has 0 saturated carbocycles. The largest absolute Gasteiger partial charge is 0.497 e. The maximum atomic E-state index is 12.5. The first-order valence-corrected chi connectivity index (χ1v) is 7.57. The monoisotopic (exact) mass is 314 g/mol. The number of carbonyl (C=O) groups excluding carboxylic acids is 2. The lowest BCUT2D eigenvalue weighted by Crippen LogP contribution is -2.34. The highest BCUT2D eigenvalue weighted by molar-refractivity contribution is 8.16. The molecule has 112 valence electrons. The van der Waals surface area contributed by atoms with Crippen LogP contribution in [-0.4, -0.2) is 23.6 Å². The molecule has 0 spiro atoms. The third-order valence-electron chi connectivity index (χ3n) is 3.23. The molecule has 0 unspecified atom stereocenters. The Bertz CT molecular complexity index is 706. The first kappa shape index (κ1) is 14.5. The first-order valence-electron chi connectivity index (χ1n) is 6.69. The maximum Gasteiger partial charge on any atom is 0.295 e. The van der Waals surface area contributed by atoms with E-state index in [0.717, 1.165) is 17.4 Å². The van der Waals surface area contributed by atoms with Gasteiger partial charge in [-0.15, -0.1) is 0 Å². The van der Waals surface area contributed by atoms with E-state index in [9.17, 15) is 9.59 Å². The summed E-state index contributed by atoms with van der Waals surface area (Å²) >= 11 is 0.970. The Morgan fingerprint density at radius 3 is 2.59 bits per heavy atom. The summed E-state index contributed by atoms with van der Waals surface area (Å²) in [4.78, 5) is 25.8. The molecule has 1 saturated heterocycles. The Balaban J connectivity index is 1.79. The standard InChI is InChI=1S/C16H14N2O3S/c1-21-13-9-5-6-11(10-13)17-14-15(19)18(16(20)22-14)12-7-3-2-4-8-12/h2-10,14,17H,1H3/t14-/m0/s1. The van der Waals surface area contributed by atoms with Gasteiger partial charge in [0.1, 0.15) is 5.75 Å². The second kappa shape index (κ2) is 6.11. The molecule has 1 N–H and O–H groups in total. The molecule has 3 rings (SSSR count). The summed E-state index contributed by atoms with van der Waals surface area (Å²) in [5.41, 5.74) is 1.31. The fraction of sp³-hybridized carbons (Fsp3) is 0.125. The van der Waals surface area contributed by atoms with Crippen LogP contribution in [0.1, 0.15) is 0 Å². The molecular weight excluding hydrogens is 300 g/mol. The zero-order valence-electron chi connectivity index (χ0n) is 11.9. The third kappa shape index (κ3) is 2.78. The van der Waals surface area contributed by atoms with Gasteiger partial charge in [-0.25, -0.2) is 4.90 Å². The minimum Gasteiger partial charge on any atom is -0.497 e. The molecule has 2 aromatic rings. The second-order valence-electron chi connectivity index (χ2n) is 4.65. The molecule has 2 aromatic carbocycles. The Morgan fingerprint density at radius 1 is 1.09 bits per heavy atom. The van der Waals surface area contributed by atoms with Crippen molar-refractivity contribution in [1.29, 1.82) is 0 Å². The summed E-state index contributed by atoms with van der Waals surface area (Å²) in [5, 5.41) is 2.15. The number of amides is 2. The van der Waals surface area contributed by atoms with E-state index in [1.165, 1.54) is 4.90 Å². The summed E-state index contributed by atoms with van der Waals surface area (Å²) in [6.45, 7) is 0. The zero-order valence-corrected chi connectivity index (χ0v) is 12.7. The van der Waals surface area contributed by atoms with Crippen LogP contribution in [0.4, 0.5) is 16.2 Å². The number of imide groups is 1. The van der Waals surface area contributed by atoms with E-state index in [2.05, 4.69) is 5.32 Å². The number of hydrogen-bond acceptors (Lipinski definition) is 5. The number of carbonyl (C=O) groups is 2. The van der Waals surface area contributed by atoms with Crippen LogP contribution in [0.15, 0.2) is 54.6 Å². The van der Waals surface area contributed by atoms with Crippen LogP contribution in [-0.2, 0) is 4.79 Å². The van der Waals surface area contributed by atoms with E-state index in [1.807, 2.05) is 24.3 Å². The lowest BCUT2D eigenvalue weighted by atomic mass is 10.3. The Kier molecular flexibility index (Phi) is 4.02. The summed E-state index contributed by atoms with van der Waals surface area (Å²) < 4.78 is 5.15. The number of rotatable bonds is 4. The number of ether oxygens (including phenoxy) is 1. The highest BCUT2D eigenvalue weighted by atomic mass is 32.2. The molecule has 0 aliphatic carbocycles. The Morgan fingerprint density at radius 2 is 1.86 bits per heavy atom. The van der Waals surface area contributed by atoms with Gasteiger partial charge in [-0.3, -0.25) is 9.59 Å². The molecule has 1 aliphatic heterocycles. The van der Waals surface area contributed by atoms with Crippen LogP contribution in [0.25, 0.3) is 0 Å². The molecule has 1 aliphatic rings. The van der Waals surface area contributed by atoms with Gasteiger partial charge in [-0.2, -0.15) is 0 Å². The maximum absolute atomic E-state index is 12.5. The van der Waals surface area contributed by atoms with Crippen molar-refractivity contribution in [2.45, 2.75) is 5.37 Å².